The van der Waals surface area contributed by atoms with Crippen LogP contribution in [0.5, 0.6) is 5.75 Å². The molecule has 1 aromatic heterocycles. The molecule has 1 amide bonds. The molecule has 130 valence electrons. The largest absolute Gasteiger partial charge is 0.493 e. The number of benzene rings is 1. The number of hydrogen-bond donors (Lipinski definition) is 2. The Morgan fingerprint density at radius 3 is 2.75 bits per heavy atom. The maximum atomic E-state index is 12.0. The van der Waals surface area contributed by atoms with Gasteiger partial charge in [0.1, 0.15) is 17.6 Å². The van der Waals surface area contributed by atoms with E-state index in [0.717, 1.165) is 16.9 Å². The number of aliphatic hydroxyl groups is 1. The molecule has 0 bridgehead atoms. The Labute approximate surface area is 142 Å². The number of ether oxygens (including phenoxy) is 1. The van der Waals surface area contributed by atoms with Gasteiger partial charge < -0.3 is 19.6 Å². The Morgan fingerprint density at radius 1 is 1.33 bits per heavy atom. The van der Waals surface area contributed by atoms with E-state index in [-0.39, 0.29) is 25.5 Å². The van der Waals surface area contributed by atoms with Gasteiger partial charge in [0.15, 0.2) is 0 Å². The quantitative estimate of drug-likeness (QED) is 0.778. The Bertz CT molecular complexity index is 649. The molecule has 0 saturated heterocycles. The topological polar surface area (TPSA) is 71.7 Å². The molecule has 24 heavy (non-hydrogen) atoms. The van der Waals surface area contributed by atoms with Gasteiger partial charge in [0, 0.05) is 0 Å². The van der Waals surface area contributed by atoms with Crippen LogP contribution in [-0.2, 0) is 4.79 Å². The summed E-state index contributed by atoms with van der Waals surface area (Å²) >= 11 is 0. The van der Waals surface area contributed by atoms with E-state index in [1.807, 2.05) is 13.0 Å². The lowest BCUT2D eigenvalue weighted by atomic mass is 10.0. The maximum Gasteiger partial charge on any atom is 0.224 e. The van der Waals surface area contributed by atoms with E-state index in [0.29, 0.717) is 11.7 Å². The molecule has 5 heteroatoms. The Hall–Kier alpha value is -2.27. The first-order chi connectivity index (χ1) is 11.5. The van der Waals surface area contributed by atoms with E-state index in [1.54, 1.807) is 12.1 Å². The van der Waals surface area contributed by atoms with Crippen LogP contribution in [0.1, 0.15) is 49.1 Å². The average Bonchev–Trinajstić information content (AvgIpc) is 3.06. The van der Waals surface area contributed by atoms with Crippen molar-refractivity contribution in [3.8, 4) is 5.75 Å². The minimum Gasteiger partial charge on any atom is -0.493 e. The number of nitrogens with one attached hydrogen (secondary N) is 1. The van der Waals surface area contributed by atoms with E-state index < -0.39 is 6.04 Å². The highest BCUT2D eigenvalue weighted by molar-refractivity contribution is 5.76. The molecule has 5 nitrogen and oxygen atoms in total. The van der Waals surface area contributed by atoms with Crippen molar-refractivity contribution in [2.45, 2.75) is 39.2 Å². The van der Waals surface area contributed by atoms with Crippen molar-refractivity contribution in [2.75, 3.05) is 13.2 Å². The second-order valence-electron chi connectivity index (χ2n) is 6.11. The fraction of sp³-hybridized carbons (Fsp3) is 0.421. The number of carbonyl (C=O) groups excluding carboxylic acids is 1. The zero-order valence-electron chi connectivity index (χ0n) is 14.4. The van der Waals surface area contributed by atoms with Gasteiger partial charge in [-0.1, -0.05) is 26.0 Å². The zero-order chi connectivity index (χ0) is 17.5. The third-order valence-electron chi connectivity index (χ3n) is 3.78. The lowest BCUT2D eigenvalue weighted by Crippen LogP contribution is -2.31. The summed E-state index contributed by atoms with van der Waals surface area (Å²) in [6.07, 6.45) is 1.72. The van der Waals surface area contributed by atoms with Gasteiger partial charge in [-0.25, -0.2) is 0 Å². The summed E-state index contributed by atoms with van der Waals surface area (Å²) in [6.45, 7) is 6.30. The lowest BCUT2D eigenvalue weighted by Gasteiger charge is -2.16. The molecule has 2 rings (SSSR count). The number of furan rings is 1. The molecule has 1 heterocycles. The van der Waals surface area contributed by atoms with E-state index in [4.69, 9.17) is 9.15 Å². The van der Waals surface area contributed by atoms with Gasteiger partial charge in [0.2, 0.25) is 5.91 Å². The second kappa shape index (κ2) is 8.55. The van der Waals surface area contributed by atoms with Crippen molar-refractivity contribution in [1.29, 1.82) is 0 Å². The van der Waals surface area contributed by atoms with Gasteiger partial charge in [-0.15, -0.1) is 0 Å². The number of hydrogen-bond acceptors (Lipinski definition) is 4. The van der Waals surface area contributed by atoms with Crippen molar-refractivity contribution in [3.63, 3.8) is 0 Å². The Morgan fingerprint density at radius 2 is 2.12 bits per heavy atom. The van der Waals surface area contributed by atoms with Crippen molar-refractivity contribution in [1.82, 2.24) is 5.32 Å². The molecule has 0 fully saturated rings. The fourth-order valence-electron chi connectivity index (χ4n) is 2.46. The molecule has 0 aliphatic heterocycles. The molecule has 2 aromatic rings. The minimum atomic E-state index is -0.530. The monoisotopic (exact) mass is 331 g/mol. The number of amides is 1. The molecule has 0 spiro atoms. The normalized spacial score (nSPS) is 12.2. The Kier molecular flexibility index (Phi) is 6.44. The highest BCUT2D eigenvalue weighted by atomic mass is 16.5. The molecule has 0 aliphatic rings. The van der Waals surface area contributed by atoms with E-state index in [9.17, 15) is 9.90 Å². The van der Waals surface area contributed by atoms with Crippen LogP contribution in [-0.4, -0.2) is 24.2 Å². The molecule has 0 saturated carbocycles. The van der Waals surface area contributed by atoms with Crippen LogP contribution in [0.25, 0.3) is 0 Å². The summed E-state index contributed by atoms with van der Waals surface area (Å²) < 4.78 is 11.0. The van der Waals surface area contributed by atoms with Gasteiger partial charge in [-0.3, -0.25) is 4.79 Å². The number of aryl methyl sites for hydroxylation is 1. The van der Waals surface area contributed by atoms with E-state index >= 15 is 0 Å². The third kappa shape index (κ3) is 4.86. The highest BCUT2D eigenvalue weighted by Crippen LogP contribution is 2.27. The summed E-state index contributed by atoms with van der Waals surface area (Å²) in [6, 6.07) is 9.03. The standard InChI is InChI=1S/C19H25NO4/c1-13(2)15-7-6-14(3)11-18(15)24-10-8-19(22)20-16(12-21)17-5-4-9-23-17/h4-7,9,11,13,16,21H,8,10,12H2,1-3H3,(H,20,22). The molecular formula is C19H25NO4. The molecule has 1 unspecified atom stereocenters. The smallest absolute Gasteiger partial charge is 0.224 e. The highest BCUT2D eigenvalue weighted by Gasteiger charge is 2.16. The predicted octanol–water partition coefficient (Wildman–Crippen LogP) is 3.33. The molecule has 1 aromatic carbocycles. The second-order valence-corrected chi connectivity index (χ2v) is 6.11. The van der Waals surface area contributed by atoms with Gasteiger partial charge in [0.25, 0.3) is 0 Å². The van der Waals surface area contributed by atoms with Gasteiger partial charge in [-0.2, -0.15) is 0 Å². The Balaban J connectivity index is 1.88. The summed E-state index contributed by atoms with van der Waals surface area (Å²) in [7, 11) is 0. The lowest BCUT2D eigenvalue weighted by molar-refractivity contribution is -0.122. The van der Waals surface area contributed by atoms with Crippen LogP contribution in [0.4, 0.5) is 0 Å². The minimum absolute atomic E-state index is 0.191. The van der Waals surface area contributed by atoms with Crippen LogP contribution in [0.15, 0.2) is 41.0 Å². The average molecular weight is 331 g/mol. The summed E-state index contributed by atoms with van der Waals surface area (Å²) in [4.78, 5) is 12.0. The third-order valence-corrected chi connectivity index (χ3v) is 3.78. The SMILES string of the molecule is Cc1ccc(C(C)C)c(OCCC(=O)NC(CO)c2ccco2)c1. The van der Waals surface area contributed by atoms with Gasteiger partial charge >= 0.3 is 0 Å². The fourth-order valence-corrected chi connectivity index (χ4v) is 2.46. The number of rotatable bonds is 8. The summed E-state index contributed by atoms with van der Waals surface area (Å²) in [5.74, 6) is 1.52. The zero-order valence-corrected chi connectivity index (χ0v) is 14.4. The van der Waals surface area contributed by atoms with Gasteiger partial charge in [-0.05, 0) is 42.2 Å². The van der Waals surface area contributed by atoms with Crippen molar-refractivity contribution in [3.05, 3.63) is 53.5 Å². The van der Waals surface area contributed by atoms with Crippen LogP contribution >= 0.6 is 0 Å². The first-order valence-corrected chi connectivity index (χ1v) is 8.18. The maximum absolute atomic E-state index is 12.0. The van der Waals surface area contributed by atoms with Crippen molar-refractivity contribution >= 4 is 5.91 Å². The first kappa shape index (κ1) is 18.1. The summed E-state index contributed by atoms with van der Waals surface area (Å²) in [5.41, 5.74) is 2.25. The summed E-state index contributed by atoms with van der Waals surface area (Å²) in [5, 5.41) is 12.1. The first-order valence-electron chi connectivity index (χ1n) is 8.18. The van der Waals surface area contributed by atoms with E-state index in [2.05, 4.69) is 31.3 Å². The van der Waals surface area contributed by atoms with Crippen molar-refractivity contribution < 1.29 is 19.1 Å². The van der Waals surface area contributed by atoms with Crippen LogP contribution in [0.3, 0.4) is 0 Å². The molecular weight excluding hydrogens is 306 g/mol. The predicted molar refractivity (Wildman–Crippen MR) is 92.1 cm³/mol. The van der Waals surface area contributed by atoms with E-state index in [1.165, 1.54) is 6.26 Å². The van der Waals surface area contributed by atoms with Crippen LogP contribution in [0.2, 0.25) is 0 Å². The molecule has 0 aliphatic carbocycles. The van der Waals surface area contributed by atoms with Crippen LogP contribution in [0, 0.1) is 6.92 Å². The van der Waals surface area contributed by atoms with Crippen molar-refractivity contribution in [2.24, 2.45) is 0 Å². The molecule has 0 radical (unpaired) electrons. The molecule has 2 N–H and O–H groups in total. The number of carbonyl (C=O) groups is 1. The van der Waals surface area contributed by atoms with Gasteiger partial charge in [0.05, 0.1) is 25.9 Å². The molecule has 1 atom stereocenters. The number of aliphatic hydroxyl groups excluding tert-OH is 1. The van der Waals surface area contributed by atoms with Crippen LogP contribution < -0.4 is 10.1 Å².